The molecule has 94 valence electrons. The predicted octanol–water partition coefficient (Wildman–Crippen LogP) is 4.03. The van der Waals surface area contributed by atoms with Crippen LogP contribution < -0.4 is 5.73 Å². The topological polar surface area (TPSA) is 26.0 Å². The lowest BCUT2D eigenvalue weighted by Crippen LogP contribution is -2.14. The van der Waals surface area contributed by atoms with Crippen LogP contribution in [0.3, 0.4) is 0 Å². The first-order chi connectivity index (χ1) is 8.58. The molecule has 1 atom stereocenters. The highest BCUT2D eigenvalue weighted by Crippen LogP contribution is 2.26. The van der Waals surface area contributed by atoms with E-state index >= 15 is 0 Å². The Hall–Kier alpha value is -1.38. The van der Waals surface area contributed by atoms with Gasteiger partial charge in [0, 0.05) is 6.04 Å². The van der Waals surface area contributed by atoms with Gasteiger partial charge < -0.3 is 5.73 Å². The van der Waals surface area contributed by atoms with Gasteiger partial charge in [0.1, 0.15) is 5.82 Å². The van der Waals surface area contributed by atoms with Crippen LogP contribution in [0.5, 0.6) is 0 Å². The fraction of sp³-hybridized carbons (Fsp3) is 0.200. The predicted molar refractivity (Wildman–Crippen MR) is 73.2 cm³/mol. The van der Waals surface area contributed by atoms with Gasteiger partial charge in [-0.15, -0.1) is 0 Å². The molecule has 0 radical (unpaired) electrons. The molecular formula is C15H15ClFN. The summed E-state index contributed by atoms with van der Waals surface area (Å²) in [4.78, 5) is 0. The minimum Gasteiger partial charge on any atom is -0.324 e. The largest absolute Gasteiger partial charge is 0.324 e. The van der Waals surface area contributed by atoms with E-state index < -0.39 is 5.82 Å². The molecule has 2 N–H and O–H groups in total. The second-order valence-corrected chi connectivity index (χ2v) is 4.82. The summed E-state index contributed by atoms with van der Waals surface area (Å²) in [6.07, 6.45) is 0.642. The molecule has 0 amide bonds. The van der Waals surface area contributed by atoms with Crippen LogP contribution in [0, 0.1) is 12.7 Å². The van der Waals surface area contributed by atoms with E-state index in [1.165, 1.54) is 11.6 Å². The zero-order chi connectivity index (χ0) is 13.1. The monoisotopic (exact) mass is 263 g/mol. The maximum atomic E-state index is 13.3. The summed E-state index contributed by atoms with van der Waals surface area (Å²) in [6.45, 7) is 2.03. The van der Waals surface area contributed by atoms with Crippen LogP contribution in [0.4, 0.5) is 4.39 Å². The van der Waals surface area contributed by atoms with E-state index in [1.807, 2.05) is 31.2 Å². The molecule has 0 fully saturated rings. The third kappa shape index (κ3) is 2.89. The average molecular weight is 264 g/mol. The van der Waals surface area contributed by atoms with Gasteiger partial charge in [-0.1, -0.05) is 53.6 Å². The molecule has 0 spiro atoms. The molecule has 1 unspecified atom stereocenters. The Morgan fingerprint density at radius 2 is 1.83 bits per heavy atom. The summed E-state index contributed by atoms with van der Waals surface area (Å²) in [6, 6.07) is 12.6. The highest BCUT2D eigenvalue weighted by molar-refractivity contribution is 6.31. The summed E-state index contributed by atoms with van der Waals surface area (Å²) in [5.74, 6) is -0.423. The Balaban J connectivity index is 2.19. The van der Waals surface area contributed by atoms with Gasteiger partial charge in [0.25, 0.3) is 0 Å². The molecule has 0 aliphatic heterocycles. The molecule has 0 aromatic heterocycles. The van der Waals surface area contributed by atoms with Crippen molar-refractivity contribution >= 4 is 11.6 Å². The van der Waals surface area contributed by atoms with Crippen LogP contribution in [-0.4, -0.2) is 0 Å². The molecule has 0 bridgehead atoms. The molecule has 2 aromatic rings. The van der Waals surface area contributed by atoms with Gasteiger partial charge in [-0.25, -0.2) is 4.39 Å². The Kier molecular flexibility index (Phi) is 4.00. The molecule has 1 nitrogen and oxygen atoms in total. The lowest BCUT2D eigenvalue weighted by Gasteiger charge is -2.14. The van der Waals surface area contributed by atoms with Gasteiger partial charge in [-0.05, 0) is 30.5 Å². The van der Waals surface area contributed by atoms with E-state index in [4.69, 9.17) is 17.3 Å². The Bertz CT molecular complexity index is 537. The molecular weight excluding hydrogens is 249 g/mol. The standard InChI is InChI=1S/C15H15ClFN/c1-10-5-7-11(8-6-10)9-14(18)12-3-2-4-13(17)15(12)16/h2-8,14H,9,18H2,1H3. The normalized spacial score (nSPS) is 12.4. The van der Waals surface area contributed by atoms with Gasteiger partial charge in [0.05, 0.1) is 5.02 Å². The van der Waals surface area contributed by atoms with Gasteiger partial charge in [0.15, 0.2) is 0 Å². The first kappa shape index (κ1) is 13.1. The Morgan fingerprint density at radius 3 is 2.50 bits per heavy atom. The van der Waals surface area contributed by atoms with Crippen LogP contribution in [0.25, 0.3) is 0 Å². The van der Waals surface area contributed by atoms with Crippen LogP contribution in [0.1, 0.15) is 22.7 Å². The fourth-order valence-electron chi connectivity index (χ4n) is 1.89. The maximum absolute atomic E-state index is 13.3. The SMILES string of the molecule is Cc1ccc(CC(N)c2cccc(F)c2Cl)cc1. The summed E-state index contributed by atoms with van der Waals surface area (Å²) < 4.78 is 13.3. The molecule has 2 aromatic carbocycles. The summed E-state index contributed by atoms with van der Waals surface area (Å²) in [7, 11) is 0. The van der Waals surface area contributed by atoms with Crippen LogP contribution >= 0.6 is 11.6 Å². The van der Waals surface area contributed by atoms with E-state index in [1.54, 1.807) is 12.1 Å². The second kappa shape index (κ2) is 5.51. The van der Waals surface area contributed by atoms with E-state index in [-0.39, 0.29) is 11.1 Å². The fourth-order valence-corrected chi connectivity index (χ4v) is 2.16. The lowest BCUT2D eigenvalue weighted by atomic mass is 9.99. The lowest BCUT2D eigenvalue weighted by molar-refractivity contribution is 0.619. The molecule has 2 rings (SSSR count). The molecule has 18 heavy (non-hydrogen) atoms. The highest BCUT2D eigenvalue weighted by atomic mass is 35.5. The summed E-state index contributed by atoms with van der Waals surface area (Å²) >= 11 is 5.92. The van der Waals surface area contributed by atoms with Gasteiger partial charge in [0.2, 0.25) is 0 Å². The first-order valence-electron chi connectivity index (χ1n) is 5.83. The second-order valence-electron chi connectivity index (χ2n) is 4.44. The van der Waals surface area contributed by atoms with Crippen molar-refractivity contribution in [2.24, 2.45) is 5.73 Å². The summed E-state index contributed by atoms with van der Waals surface area (Å²) in [5, 5.41) is 0.122. The first-order valence-corrected chi connectivity index (χ1v) is 6.21. The number of nitrogens with two attached hydrogens (primary N) is 1. The van der Waals surface area contributed by atoms with Crippen molar-refractivity contribution in [1.82, 2.24) is 0 Å². The van der Waals surface area contributed by atoms with E-state index in [2.05, 4.69) is 0 Å². The number of benzene rings is 2. The number of aryl methyl sites for hydroxylation is 1. The number of rotatable bonds is 3. The third-order valence-electron chi connectivity index (χ3n) is 2.96. The van der Waals surface area contributed by atoms with Crippen LogP contribution in [0.15, 0.2) is 42.5 Å². The van der Waals surface area contributed by atoms with Crippen molar-refractivity contribution in [3.8, 4) is 0 Å². The van der Waals surface area contributed by atoms with Crippen molar-refractivity contribution in [1.29, 1.82) is 0 Å². The molecule has 0 heterocycles. The van der Waals surface area contributed by atoms with Crippen LogP contribution in [0.2, 0.25) is 5.02 Å². The minimum atomic E-state index is -0.423. The molecule has 0 saturated carbocycles. The smallest absolute Gasteiger partial charge is 0.142 e. The zero-order valence-corrected chi connectivity index (χ0v) is 10.9. The molecule has 0 aliphatic rings. The molecule has 3 heteroatoms. The Labute approximate surface area is 111 Å². The van der Waals surface area contributed by atoms with E-state index in [0.29, 0.717) is 12.0 Å². The van der Waals surface area contributed by atoms with Crippen LogP contribution in [-0.2, 0) is 6.42 Å². The third-order valence-corrected chi connectivity index (χ3v) is 3.36. The number of hydrogen-bond acceptors (Lipinski definition) is 1. The van der Waals surface area contributed by atoms with Gasteiger partial charge in [-0.3, -0.25) is 0 Å². The van der Waals surface area contributed by atoms with E-state index in [9.17, 15) is 4.39 Å². The minimum absolute atomic E-state index is 0.122. The molecule has 0 saturated heterocycles. The number of halogens is 2. The molecule has 0 aliphatic carbocycles. The highest BCUT2D eigenvalue weighted by Gasteiger charge is 2.13. The van der Waals surface area contributed by atoms with Crippen molar-refractivity contribution in [2.45, 2.75) is 19.4 Å². The Morgan fingerprint density at radius 1 is 1.17 bits per heavy atom. The number of hydrogen-bond donors (Lipinski definition) is 1. The van der Waals surface area contributed by atoms with Gasteiger partial charge >= 0.3 is 0 Å². The maximum Gasteiger partial charge on any atom is 0.142 e. The zero-order valence-electron chi connectivity index (χ0n) is 10.2. The van der Waals surface area contributed by atoms with Crippen molar-refractivity contribution in [3.05, 3.63) is 70.0 Å². The van der Waals surface area contributed by atoms with Crippen molar-refractivity contribution in [2.75, 3.05) is 0 Å². The van der Waals surface area contributed by atoms with E-state index in [0.717, 1.165) is 5.56 Å². The average Bonchev–Trinajstić information content (AvgIpc) is 2.35. The van der Waals surface area contributed by atoms with Crippen molar-refractivity contribution < 1.29 is 4.39 Å². The van der Waals surface area contributed by atoms with Crippen molar-refractivity contribution in [3.63, 3.8) is 0 Å². The van der Waals surface area contributed by atoms with Gasteiger partial charge in [-0.2, -0.15) is 0 Å². The quantitative estimate of drug-likeness (QED) is 0.889. The summed E-state index contributed by atoms with van der Waals surface area (Å²) in [5.41, 5.74) is 9.06.